The molecule has 0 aliphatic rings. The van der Waals surface area contributed by atoms with Crippen molar-refractivity contribution in [2.45, 2.75) is 18.7 Å². The van der Waals surface area contributed by atoms with E-state index >= 15 is 0 Å². The molecule has 15 heavy (non-hydrogen) atoms. The molecule has 1 aromatic carbocycles. The van der Waals surface area contributed by atoms with Crippen molar-refractivity contribution in [1.29, 1.82) is 0 Å². The van der Waals surface area contributed by atoms with Crippen LogP contribution in [0.3, 0.4) is 0 Å². The highest BCUT2D eigenvalue weighted by Crippen LogP contribution is 2.29. The normalized spacial score (nSPS) is 12.3. The average Bonchev–Trinajstić information content (AvgIpc) is 2.13. The van der Waals surface area contributed by atoms with E-state index in [1.807, 2.05) is 6.92 Å². The molecule has 1 atom stereocenters. The Morgan fingerprint density at radius 1 is 1.40 bits per heavy atom. The Kier molecular flexibility index (Phi) is 4.44. The molecule has 0 saturated carbocycles. The maximum atomic E-state index is 11.4. The molecule has 0 heterocycles. The monoisotopic (exact) mass is 309 g/mol. The molecule has 0 spiro atoms. The number of carbonyl (C=O) groups is 1. The maximum Gasteiger partial charge on any atom is 0.237 e. The zero-order valence-electron chi connectivity index (χ0n) is 8.27. The first-order valence-electron chi connectivity index (χ1n) is 4.32. The third-order valence-electron chi connectivity index (χ3n) is 1.87. The number of carbonyl (C=O) groups excluding carboxylic acids is 1. The molecule has 5 heteroatoms. The van der Waals surface area contributed by atoms with Crippen molar-refractivity contribution in [2.24, 2.45) is 0 Å². The van der Waals surface area contributed by atoms with Crippen LogP contribution < -0.4 is 5.32 Å². The summed E-state index contributed by atoms with van der Waals surface area (Å²) in [7, 11) is 0. The molecule has 0 aliphatic heterocycles. The van der Waals surface area contributed by atoms with Gasteiger partial charge in [0.15, 0.2) is 0 Å². The van der Waals surface area contributed by atoms with Gasteiger partial charge >= 0.3 is 0 Å². The minimum Gasteiger partial charge on any atom is -0.324 e. The summed E-state index contributed by atoms with van der Waals surface area (Å²) >= 11 is 15.1. The van der Waals surface area contributed by atoms with E-state index in [-0.39, 0.29) is 10.7 Å². The van der Waals surface area contributed by atoms with Crippen LogP contribution in [0.2, 0.25) is 10.0 Å². The van der Waals surface area contributed by atoms with Crippen LogP contribution in [-0.2, 0) is 4.79 Å². The van der Waals surface area contributed by atoms with Crippen LogP contribution in [0.1, 0.15) is 12.5 Å². The first-order valence-corrected chi connectivity index (χ1v) is 5.99. The minimum atomic E-state index is -0.270. The third-order valence-corrected chi connectivity index (χ3v) is 3.00. The first-order chi connectivity index (χ1) is 6.91. The molecule has 1 unspecified atom stereocenters. The van der Waals surface area contributed by atoms with Crippen LogP contribution in [0.25, 0.3) is 0 Å². The van der Waals surface area contributed by atoms with Crippen LogP contribution >= 0.6 is 39.1 Å². The van der Waals surface area contributed by atoms with Crippen LogP contribution in [0, 0.1) is 6.92 Å². The second kappa shape index (κ2) is 5.19. The van der Waals surface area contributed by atoms with E-state index in [2.05, 4.69) is 21.2 Å². The number of amides is 1. The zero-order valence-corrected chi connectivity index (χ0v) is 11.4. The van der Waals surface area contributed by atoms with Crippen molar-refractivity contribution < 1.29 is 4.79 Å². The lowest BCUT2D eigenvalue weighted by Crippen LogP contribution is -2.20. The first kappa shape index (κ1) is 12.8. The van der Waals surface area contributed by atoms with Gasteiger partial charge in [-0.15, -0.1) is 0 Å². The number of hydrogen-bond donors (Lipinski definition) is 1. The molecular weight excluding hydrogens is 301 g/mol. The number of anilines is 1. The molecule has 0 bridgehead atoms. The summed E-state index contributed by atoms with van der Waals surface area (Å²) in [4.78, 5) is 11.1. The van der Waals surface area contributed by atoms with Gasteiger partial charge in [-0.05, 0) is 31.5 Å². The van der Waals surface area contributed by atoms with Crippen molar-refractivity contribution in [3.05, 3.63) is 27.7 Å². The van der Waals surface area contributed by atoms with E-state index < -0.39 is 0 Å². The topological polar surface area (TPSA) is 29.1 Å². The molecule has 0 aliphatic carbocycles. The third kappa shape index (κ3) is 3.37. The molecule has 1 amide bonds. The van der Waals surface area contributed by atoms with Gasteiger partial charge in [0.25, 0.3) is 0 Å². The van der Waals surface area contributed by atoms with Gasteiger partial charge in [0.1, 0.15) is 0 Å². The van der Waals surface area contributed by atoms with Crippen molar-refractivity contribution in [3.63, 3.8) is 0 Å². The Labute approximate surface area is 107 Å². The van der Waals surface area contributed by atoms with E-state index in [0.717, 1.165) is 5.56 Å². The maximum absolute atomic E-state index is 11.4. The fourth-order valence-corrected chi connectivity index (χ4v) is 1.52. The fraction of sp³-hybridized carbons (Fsp3) is 0.300. The summed E-state index contributed by atoms with van der Waals surface area (Å²) in [6.07, 6.45) is 0. The summed E-state index contributed by atoms with van der Waals surface area (Å²) in [5.74, 6) is -0.156. The lowest BCUT2D eigenvalue weighted by molar-refractivity contribution is -0.115. The number of alkyl halides is 1. The minimum absolute atomic E-state index is 0.156. The van der Waals surface area contributed by atoms with E-state index in [0.29, 0.717) is 15.7 Å². The number of benzene rings is 1. The molecule has 0 radical (unpaired) electrons. The standard InChI is InChI=1S/C10H10BrCl2NO/c1-5-3-8(13)9(4-7(5)12)14-10(15)6(2)11/h3-4,6H,1-2H3,(H,14,15). The quantitative estimate of drug-likeness (QED) is 0.821. The fourth-order valence-electron chi connectivity index (χ4n) is 0.974. The van der Waals surface area contributed by atoms with Gasteiger partial charge in [-0.2, -0.15) is 0 Å². The van der Waals surface area contributed by atoms with Gasteiger partial charge in [0, 0.05) is 5.02 Å². The summed E-state index contributed by atoms with van der Waals surface area (Å²) in [5, 5.41) is 3.74. The van der Waals surface area contributed by atoms with Crippen molar-refractivity contribution in [1.82, 2.24) is 0 Å². The van der Waals surface area contributed by atoms with E-state index in [1.165, 1.54) is 0 Å². The van der Waals surface area contributed by atoms with E-state index in [1.54, 1.807) is 19.1 Å². The summed E-state index contributed by atoms with van der Waals surface area (Å²) in [6.45, 7) is 3.59. The highest BCUT2D eigenvalue weighted by atomic mass is 79.9. The van der Waals surface area contributed by atoms with Gasteiger partial charge in [-0.1, -0.05) is 39.1 Å². The predicted molar refractivity (Wildman–Crippen MR) is 68.2 cm³/mol. The Balaban J connectivity index is 2.96. The second-order valence-corrected chi connectivity index (χ2v) is 5.37. The van der Waals surface area contributed by atoms with Crippen LogP contribution in [0.15, 0.2) is 12.1 Å². The summed E-state index contributed by atoms with van der Waals surface area (Å²) < 4.78 is 0. The van der Waals surface area contributed by atoms with Crippen LogP contribution in [0.4, 0.5) is 5.69 Å². The molecule has 1 rings (SSSR count). The number of rotatable bonds is 2. The van der Waals surface area contributed by atoms with Gasteiger partial charge in [-0.3, -0.25) is 4.79 Å². The Bertz CT molecular complexity index is 393. The highest BCUT2D eigenvalue weighted by molar-refractivity contribution is 9.10. The van der Waals surface area contributed by atoms with Gasteiger partial charge in [-0.25, -0.2) is 0 Å². The lowest BCUT2D eigenvalue weighted by Gasteiger charge is -2.10. The highest BCUT2D eigenvalue weighted by Gasteiger charge is 2.11. The van der Waals surface area contributed by atoms with Crippen LogP contribution in [-0.4, -0.2) is 10.7 Å². The Morgan fingerprint density at radius 3 is 2.53 bits per heavy atom. The second-order valence-electron chi connectivity index (χ2n) is 3.19. The predicted octanol–water partition coefficient (Wildman–Crippen LogP) is 4.02. The number of nitrogens with one attached hydrogen (secondary N) is 1. The Hall–Kier alpha value is -0.250. The average molecular weight is 311 g/mol. The smallest absolute Gasteiger partial charge is 0.237 e. The van der Waals surface area contributed by atoms with Crippen molar-refractivity contribution >= 4 is 50.7 Å². The van der Waals surface area contributed by atoms with E-state index in [4.69, 9.17) is 23.2 Å². The number of halogens is 3. The van der Waals surface area contributed by atoms with Gasteiger partial charge in [0.05, 0.1) is 15.5 Å². The van der Waals surface area contributed by atoms with E-state index in [9.17, 15) is 4.79 Å². The van der Waals surface area contributed by atoms with Crippen molar-refractivity contribution in [2.75, 3.05) is 5.32 Å². The Morgan fingerprint density at radius 2 is 2.00 bits per heavy atom. The molecule has 0 saturated heterocycles. The van der Waals surface area contributed by atoms with Gasteiger partial charge in [0.2, 0.25) is 5.91 Å². The zero-order chi connectivity index (χ0) is 11.6. The lowest BCUT2D eigenvalue weighted by atomic mass is 10.2. The summed E-state index contributed by atoms with van der Waals surface area (Å²) in [6, 6.07) is 3.37. The molecule has 82 valence electrons. The number of aryl methyl sites for hydroxylation is 1. The number of hydrogen-bond acceptors (Lipinski definition) is 1. The van der Waals surface area contributed by atoms with Crippen molar-refractivity contribution in [3.8, 4) is 0 Å². The molecule has 1 N–H and O–H groups in total. The van der Waals surface area contributed by atoms with Gasteiger partial charge < -0.3 is 5.32 Å². The molecular formula is C10H10BrCl2NO. The largest absolute Gasteiger partial charge is 0.324 e. The molecule has 0 aromatic heterocycles. The van der Waals surface area contributed by atoms with Crippen LogP contribution in [0.5, 0.6) is 0 Å². The summed E-state index contributed by atoms with van der Waals surface area (Å²) in [5.41, 5.74) is 1.41. The SMILES string of the molecule is Cc1cc(Cl)c(NC(=O)C(C)Br)cc1Cl. The molecule has 1 aromatic rings. The molecule has 2 nitrogen and oxygen atoms in total. The molecule has 0 fully saturated rings.